The van der Waals surface area contributed by atoms with Gasteiger partial charge in [0.2, 0.25) is 0 Å². The van der Waals surface area contributed by atoms with Gasteiger partial charge in [0.1, 0.15) is 0 Å². The second-order valence-electron chi connectivity index (χ2n) is 20.7. The number of hydrogen-bond donors (Lipinski definition) is 0. The molecule has 0 saturated heterocycles. The van der Waals surface area contributed by atoms with Gasteiger partial charge in [-0.05, 0) is 196 Å². The van der Waals surface area contributed by atoms with Crippen molar-refractivity contribution in [1.29, 1.82) is 0 Å². The number of pyridine rings is 2. The summed E-state index contributed by atoms with van der Waals surface area (Å²) in [5.74, 6) is 1.66. The van der Waals surface area contributed by atoms with E-state index in [4.69, 9.17) is 20.6 Å². The molecule has 0 spiro atoms. The fraction of sp³-hybridized carbons (Fsp3) is 0.400. The molecule has 6 aromatic rings. The summed E-state index contributed by atoms with van der Waals surface area (Å²) in [4.78, 5) is 10.0. The first-order valence-corrected chi connectivity index (χ1v) is 22.6. The molecule has 2 heterocycles. The first-order valence-electron chi connectivity index (χ1n) is 22.6. The smallest absolute Gasteiger partial charge is 0.466 e. The molecule has 0 bridgehead atoms. The second-order valence-corrected chi connectivity index (χ2v) is 20.7. The summed E-state index contributed by atoms with van der Waals surface area (Å²) in [6, 6.07) is 26.9. The Morgan fingerprint density at radius 2 is 0.585 bits per heavy atom. The second kappa shape index (κ2) is 23.4. The number of hydrogen-bond acceptors (Lipinski definition) is 2. The quantitative estimate of drug-likeness (QED) is 0.129. The van der Waals surface area contributed by atoms with Gasteiger partial charge in [-0.2, -0.15) is 0 Å². The first kappa shape index (κ1) is 56.8. The van der Waals surface area contributed by atoms with E-state index < -0.39 is 0 Å². The number of nitrogens with zero attached hydrogens (tertiary/aromatic N) is 4. The Hall–Kier alpha value is -4.34. The van der Waals surface area contributed by atoms with Crippen molar-refractivity contribution in [1.82, 2.24) is 9.97 Å². The molecule has 0 fully saturated rings. The summed E-state index contributed by atoms with van der Waals surface area (Å²) in [7, 11) is 0. The Kier molecular flexibility index (Phi) is 20.4. The van der Waals surface area contributed by atoms with E-state index in [0.717, 1.165) is 49.0 Å². The van der Waals surface area contributed by atoms with E-state index in [-0.39, 0.29) is 51.9 Å². The Morgan fingerprint density at radius 3 is 0.815 bits per heavy atom. The molecule has 5 heteroatoms. The van der Waals surface area contributed by atoms with Crippen LogP contribution in [0.5, 0.6) is 0 Å². The molecule has 4 aromatic carbocycles. The summed E-state index contributed by atoms with van der Waals surface area (Å²) in [6.45, 7) is 41.3. The first-order chi connectivity index (χ1) is 28.9. The van der Waals surface area contributed by atoms with E-state index in [1.165, 1.54) is 100 Å². The summed E-state index contributed by atoms with van der Waals surface area (Å²) < 4.78 is 0. The van der Waals surface area contributed by atoms with Crippen LogP contribution >= 0.6 is 0 Å². The Bertz CT molecular complexity index is 2140. The van der Waals surface area contributed by atoms with Gasteiger partial charge in [-0.15, -0.1) is 0 Å². The van der Waals surface area contributed by atoms with Gasteiger partial charge in [0.25, 0.3) is 0 Å². The summed E-state index contributed by atoms with van der Waals surface area (Å²) in [6.07, 6.45) is 2.08. The van der Waals surface area contributed by atoms with Gasteiger partial charge in [-0.3, -0.25) is 0 Å². The van der Waals surface area contributed by atoms with E-state index in [1.54, 1.807) is 0 Å². The molecule has 344 valence electrons. The van der Waals surface area contributed by atoms with Crippen molar-refractivity contribution in [2.24, 2.45) is 10.8 Å². The molecule has 0 aliphatic carbocycles. The van der Waals surface area contributed by atoms with Gasteiger partial charge in [-0.25, -0.2) is 0 Å². The Balaban J connectivity index is 0.000000427. The normalized spacial score (nSPS) is 11.1. The van der Waals surface area contributed by atoms with Gasteiger partial charge >= 0.3 is 26.2 Å². The van der Waals surface area contributed by atoms with Crippen molar-refractivity contribution < 1.29 is 26.2 Å². The standard InChI is InChI=1S/2C29H37N2.2CH3.Zr/c2*1-18-12-20(3)27(21(4)13-18)24-16-25(28-22(5)14-19(2)15-23(28)6)31-26(17-24)30-11-10-29(7,8)9;;;/h2*12-17H,10-11H2,1-9H3;2*1H3;/q4*-1;+4. The topological polar surface area (TPSA) is 54.0 Å². The van der Waals surface area contributed by atoms with E-state index in [9.17, 15) is 0 Å². The molecule has 0 amide bonds. The van der Waals surface area contributed by atoms with E-state index >= 15 is 0 Å². The minimum Gasteiger partial charge on any atom is -0.466 e. The zero-order valence-electron chi connectivity index (χ0n) is 44.0. The number of rotatable bonds is 10. The number of aryl methyl sites for hydroxylation is 12. The molecule has 0 aliphatic heterocycles. The fourth-order valence-electron chi connectivity index (χ4n) is 9.19. The van der Waals surface area contributed by atoms with Crippen molar-refractivity contribution >= 4 is 11.6 Å². The molecule has 0 radical (unpaired) electrons. The predicted molar refractivity (Wildman–Crippen MR) is 284 cm³/mol. The molecule has 6 rings (SSSR count). The van der Waals surface area contributed by atoms with Crippen LogP contribution in [0.3, 0.4) is 0 Å². The van der Waals surface area contributed by atoms with Crippen LogP contribution in [0, 0.1) is 109 Å². The van der Waals surface area contributed by atoms with Crippen molar-refractivity contribution in [3.63, 3.8) is 0 Å². The van der Waals surface area contributed by atoms with E-state index in [1.807, 2.05) is 0 Å². The van der Waals surface area contributed by atoms with Crippen LogP contribution < -0.4 is 0 Å². The average Bonchev–Trinajstić information content (AvgIpc) is 3.09. The molecule has 0 saturated carbocycles. The molecule has 0 N–H and O–H groups in total. The van der Waals surface area contributed by atoms with Gasteiger partial charge in [0.15, 0.2) is 0 Å². The molecular formula is C60H80N4Zr. The van der Waals surface area contributed by atoms with Crippen LogP contribution in [0.15, 0.2) is 72.8 Å². The average molecular weight is 949 g/mol. The summed E-state index contributed by atoms with van der Waals surface area (Å²) >= 11 is 0. The summed E-state index contributed by atoms with van der Waals surface area (Å²) in [5, 5.41) is 9.81. The third-order valence-corrected chi connectivity index (χ3v) is 11.7. The largest absolute Gasteiger partial charge is 4.00 e. The molecular weight excluding hydrogens is 868 g/mol. The molecule has 0 aliphatic rings. The van der Waals surface area contributed by atoms with Crippen LogP contribution in [0.25, 0.3) is 55.4 Å². The van der Waals surface area contributed by atoms with Crippen molar-refractivity contribution in [3.8, 4) is 44.8 Å². The van der Waals surface area contributed by atoms with Crippen molar-refractivity contribution in [3.05, 3.63) is 165 Å². The van der Waals surface area contributed by atoms with Crippen LogP contribution in [-0.2, 0) is 26.2 Å². The molecule has 0 atom stereocenters. The molecule has 4 nitrogen and oxygen atoms in total. The molecule has 2 aromatic heterocycles. The monoisotopic (exact) mass is 947 g/mol. The zero-order chi connectivity index (χ0) is 45.8. The molecule has 65 heavy (non-hydrogen) atoms. The van der Waals surface area contributed by atoms with Gasteiger partial charge in [-0.1, -0.05) is 161 Å². The Morgan fingerprint density at radius 1 is 0.354 bits per heavy atom. The third kappa shape index (κ3) is 15.4. The van der Waals surface area contributed by atoms with E-state index in [2.05, 4.69) is 197 Å². The van der Waals surface area contributed by atoms with Crippen LogP contribution in [-0.4, -0.2) is 23.1 Å². The zero-order valence-corrected chi connectivity index (χ0v) is 46.5. The maximum absolute atomic E-state index is 5.01. The maximum Gasteiger partial charge on any atom is 4.00 e. The number of aromatic nitrogens is 2. The summed E-state index contributed by atoms with van der Waals surface area (Å²) in [5.41, 5.74) is 25.4. The van der Waals surface area contributed by atoms with Crippen molar-refractivity contribution in [2.75, 3.05) is 13.1 Å². The number of benzene rings is 4. The van der Waals surface area contributed by atoms with Gasteiger partial charge in [0, 0.05) is 0 Å². The fourth-order valence-corrected chi connectivity index (χ4v) is 9.19. The molecule has 0 unspecified atom stereocenters. The van der Waals surface area contributed by atoms with E-state index in [0.29, 0.717) is 0 Å². The maximum atomic E-state index is 5.01. The Labute approximate surface area is 416 Å². The predicted octanol–water partition coefficient (Wildman–Crippen LogP) is 18.3. The van der Waals surface area contributed by atoms with Crippen LogP contribution in [0.1, 0.15) is 121 Å². The van der Waals surface area contributed by atoms with Crippen LogP contribution in [0.2, 0.25) is 0 Å². The minimum absolute atomic E-state index is 0. The van der Waals surface area contributed by atoms with Crippen molar-refractivity contribution in [2.45, 2.75) is 137 Å². The SMILES string of the molecule is Cc1cc(C)c(-c2cc([N-]CCC(C)(C)C)nc(-c3c(C)cc(C)cc3C)c2)c(C)c1.Cc1cc(C)c(-c2cc([N-]CCC(C)(C)C)nc(-c3c(C)cc(C)cc3C)c2)c(C)c1.[CH3-].[CH3-].[Zr+4]. The third-order valence-electron chi connectivity index (χ3n) is 11.7. The minimum atomic E-state index is 0. The van der Waals surface area contributed by atoms with Gasteiger partial charge in [0.05, 0.1) is 0 Å². The van der Waals surface area contributed by atoms with Gasteiger partial charge < -0.3 is 35.5 Å². The van der Waals surface area contributed by atoms with Crippen LogP contribution in [0.4, 0.5) is 11.6 Å².